The number of unbranched alkanes of at least 4 members (excludes halogenated alkanes) is 12. The molecule has 0 N–H and O–H groups in total. The van der Waals surface area contributed by atoms with Gasteiger partial charge in [-0.3, -0.25) is 4.98 Å². The maximum Gasteiger partial charge on any atom is 0.137 e. The second kappa shape index (κ2) is 18.4. The lowest BCUT2D eigenvalue weighted by molar-refractivity contribution is 0.183. The first kappa shape index (κ1) is 28.3. The Labute approximate surface area is 208 Å². The molecule has 0 aliphatic heterocycles. The van der Waals surface area contributed by atoms with Gasteiger partial charge in [-0.25, -0.2) is 4.39 Å². The van der Waals surface area contributed by atoms with E-state index in [2.05, 4.69) is 43.1 Å². The Kier molecular flexibility index (Phi) is 15.4. The van der Waals surface area contributed by atoms with Crippen LogP contribution in [0.5, 0.6) is 5.75 Å². The van der Waals surface area contributed by atoms with Crippen LogP contribution in [-0.4, -0.2) is 17.8 Å². The summed E-state index contributed by atoms with van der Waals surface area (Å²) >= 11 is 0. The highest BCUT2D eigenvalue weighted by Gasteiger charge is 2.08. The molecular formula is C31H48FNO. The summed E-state index contributed by atoms with van der Waals surface area (Å²) in [6.07, 6.45) is 20.6. The van der Waals surface area contributed by atoms with E-state index in [0.29, 0.717) is 12.2 Å². The summed E-state index contributed by atoms with van der Waals surface area (Å²) in [5.74, 6) is 0.638. The molecule has 0 saturated heterocycles. The highest BCUT2D eigenvalue weighted by Crippen LogP contribution is 2.21. The molecule has 0 amide bonds. The van der Waals surface area contributed by atoms with Gasteiger partial charge >= 0.3 is 0 Å². The SMILES string of the molecule is CCCCCCCCCCCc1ccc(-c2ccc(OCC(F)CCCCCCC)cn2)cc1. The average molecular weight is 470 g/mol. The molecule has 34 heavy (non-hydrogen) atoms. The van der Waals surface area contributed by atoms with Gasteiger partial charge in [0.2, 0.25) is 0 Å². The molecular weight excluding hydrogens is 421 g/mol. The van der Waals surface area contributed by atoms with Crippen LogP contribution in [0.1, 0.15) is 116 Å². The van der Waals surface area contributed by atoms with E-state index in [4.69, 9.17) is 4.74 Å². The fourth-order valence-corrected chi connectivity index (χ4v) is 4.36. The number of hydrogen-bond donors (Lipinski definition) is 0. The molecule has 0 aliphatic carbocycles. The quantitative estimate of drug-likeness (QED) is 0.180. The number of hydrogen-bond acceptors (Lipinski definition) is 2. The molecule has 1 unspecified atom stereocenters. The van der Waals surface area contributed by atoms with Crippen molar-refractivity contribution in [3.63, 3.8) is 0 Å². The van der Waals surface area contributed by atoms with Crippen molar-refractivity contribution >= 4 is 0 Å². The fraction of sp³-hybridized carbons (Fsp3) is 0.645. The lowest BCUT2D eigenvalue weighted by Gasteiger charge is -2.11. The molecule has 1 aromatic heterocycles. The topological polar surface area (TPSA) is 22.1 Å². The van der Waals surface area contributed by atoms with E-state index in [-0.39, 0.29) is 6.61 Å². The van der Waals surface area contributed by atoms with Crippen LogP contribution in [0, 0.1) is 0 Å². The van der Waals surface area contributed by atoms with E-state index in [1.54, 1.807) is 6.20 Å². The van der Waals surface area contributed by atoms with Gasteiger partial charge in [-0.05, 0) is 37.0 Å². The van der Waals surface area contributed by atoms with Crippen molar-refractivity contribution < 1.29 is 9.13 Å². The van der Waals surface area contributed by atoms with E-state index >= 15 is 0 Å². The standard InChI is InChI=1S/C31H48FNO/c1-3-5-7-9-10-11-12-14-15-17-27-19-21-28(22-20-27)31-24-23-30(25-33-31)34-26-29(32)18-16-13-8-6-4-2/h19-25,29H,3-18,26H2,1-2H3. The first-order chi connectivity index (χ1) is 16.7. The summed E-state index contributed by atoms with van der Waals surface area (Å²) in [5, 5.41) is 0. The molecule has 1 aromatic carbocycles. The summed E-state index contributed by atoms with van der Waals surface area (Å²) in [6.45, 7) is 4.58. The summed E-state index contributed by atoms with van der Waals surface area (Å²) in [7, 11) is 0. The number of aryl methyl sites for hydroxylation is 1. The Hall–Kier alpha value is -1.90. The monoisotopic (exact) mass is 469 g/mol. The van der Waals surface area contributed by atoms with Gasteiger partial charge in [-0.1, -0.05) is 122 Å². The molecule has 1 atom stereocenters. The van der Waals surface area contributed by atoms with Crippen molar-refractivity contribution in [2.45, 2.75) is 123 Å². The molecule has 0 saturated carbocycles. The average Bonchev–Trinajstić information content (AvgIpc) is 2.87. The number of pyridine rings is 1. The third-order valence-corrected chi connectivity index (χ3v) is 6.61. The first-order valence-electron chi connectivity index (χ1n) is 14.0. The fourth-order valence-electron chi connectivity index (χ4n) is 4.36. The highest BCUT2D eigenvalue weighted by atomic mass is 19.1. The minimum Gasteiger partial charge on any atom is -0.489 e. The van der Waals surface area contributed by atoms with Crippen LogP contribution < -0.4 is 4.74 Å². The van der Waals surface area contributed by atoms with Gasteiger partial charge in [0.1, 0.15) is 18.5 Å². The Balaban J connectivity index is 1.63. The normalized spacial score (nSPS) is 12.1. The van der Waals surface area contributed by atoms with Gasteiger partial charge < -0.3 is 4.74 Å². The lowest BCUT2D eigenvalue weighted by atomic mass is 10.0. The zero-order valence-electron chi connectivity index (χ0n) is 21.9. The van der Waals surface area contributed by atoms with Crippen molar-refractivity contribution in [2.75, 3.05) is 6.61 Å². The van der Waals surface area contributed by atoms with E-state index in [1.165, 1.54) is 82.6 Å². The van der Waals surface area contributed by atoms with E-state index in [0.717, 1.165) is 30.5 Å². The van der Waals surface area contributed by atoms with E-state index in [9.17, 15) is 4.39 Å². The maximum absolute atomic E-state index is 14.0. The third kappa shape index (κ3) is 12.5. The van der Waals surface area contributed by atoms with Crippen LogP contribution in [-0.2, 0) is 6.42 Å². The van der Waals surface area contributed by atoms with Gasteiger partial charge in [-0.15, -0.1) is 0 Å². The molecule has 1 heterocycles. The molecule has 0 fully saturated rings. The molecule has 0 radical (unpaired) electrons. The minimum atomic E-state index is -0.903. The maximum atomic E-state index is 14.0. The molecule has 190 valence electrons. The number of aromatic nitrogens is 1. The Morgan fingerprint density at radius 1 is 0.706 bits per heavy atom. The number of nitrogens with zero attached hydrogens (tertiary/aromatic N) is 1. The van der Waals surface area contributed by atoms with Crippen molar-refractivity contribution in [2.24, 2.45) is 0 Å². The van der Waals surface area contributed by atoms with Crippen LogP contribution in [0.15, 0.2) is 42.6 Å². The zero-order valence-corrected chi connectivity index (χ0v) is 21.9. The van der Waals surface area contributed by atoms with Gasteiger partial charge in [0.25, 0.3) is 0 Å². The molecule has 2 nitrogen and oxygen atoms in total. The molecule has 0 spiro atoms. The number of alkyl halides is 1. The second-order valence-corrected chi connectivity index (χ2v) is 9.77. The van der Waals surface area contributed by atoms with Crippen LogP contribution in [0.2, 0.25) is 0 Å². The zero-order chi connectivity index (χ0) is 24.3. The van der Waals surface area contributed by atoms with Crippen molar-refractivity contribution in [3.05, 3.63) is 48.2 Å². The summed E-state index contributed by atoms with van der Waals surface area (Å²) in [5.41, 5.74) is 3.43. The number of rotatable bonds is 20. The lowest BCUT2D eigenvalue weighted by Crippen LogP contribution is -2.12. The predicted octanol–water partition coefficient (Wildman–Crippen LogP) is 9.90. The van der Waals surface area contributed by atoms with Crippen LogP contribution in [0.25, 0.3) is 11.3 Å². The predicted molar refractivity (Wildman–Crippen MR) is 144 cm³/mol. The number of halogens is 1. The summed E-state index contributed by atoms with van der Waals surface area (Å²) < 4.78 is 19.7. The Bertz CT molecular complexity index is 728. The number of ether oxygens (including phenoxy) is 1. The summed E-state index contributed by atoms with van der Waals surface area (Å²) in [4.78, 5) is 4.53. The highest BCUT2D eigenvalue weighted by molar-refractivity contribution is 5.59. The molecule has 3 heteroatoms. The third-order valence-electron chi connectivity index (χ3n) is 6.61. The second-order valence-electron chi connectivity index (χ2n) is 9.77. The largest absolute Gasteiger partial charge is 0.489 e. The van der Waals surface area contributed by atoms with E-state index in [1.807, 2.05) is 12.1 Å². The van der Waals surface area contributed by atoms with Crippen molar-refractivity contribution in [1.82, 2.24) is 4.98 Å². The first-order valence-corrected chi connectivity index (χ1v) is 14.0. The van der Waals surface area contributed by atoms with E-state index < -0.39 is 6.17 Å². The molecule has 0 bridgehead atoms. The smallest absolute Gasteiger partial charge is 0.137 e. The minimum absolute atomic E-state index is 0.113. The van der Waals surface area contributed by atoms with Crippen LogP contribution in [0.3, 0.4) is 0 Å². The van der Waals surface area contributed by atoms with Crippen LogP contribution in [0.4, 0.5) is 4.39 Å². The summed E-state index contributed by atoms with van der Waals surface area (Å²) in [6, 6.07) is 12.6. The molecule has 2 rings (SSSR count). The van der Waals surface area contributed by atoms with Crippen LogP contribution >= 0.6 is 0 Å². The number of benzene rings is 1. The van der Waals surface area contributed by atoms with Crippen molar-refractivity contribution in [1.29, 1.82) is 0 Å². The van der Waals surface area contributed by atoms with Gasteiger partial charge in [-0.2, -0.15) is 0 Å². The molecule has 2 aromatic rings. The Morgan fingerprint density at radius 3 is 1.88 bits per heavy atom. The van der Waals surface area contributed by atoms with Crippen molar-refractivity contribution in [3.8, 4) is 17.0 Å². The Morgan fingerprint density at radius 2 is 1.29 bits per heavy atom. The van der Waals surface area contributed by atoms with Gasteiger partial charge in [0.05, 0.1) is 11.9 Å². The van der Waals surface area contributed by atoms with Gasteiger partial charge in [0, 0.05) is 5.56 Å². The van der Waals surface area contributed by atoms with Gasteiger partial charge in [0.15, 0.2) is 0 Å². The molecule has 0 aliphatic rings.